The molecule has 0 saturated carbocycles. The smallest absolute Gasteiger partial charge is 0.326 e. The lowest BCUT2D eigenvalue weighted by Crippen LogP contribution is -2.46. The molecule has 0 aromatic carbocycles. The van der Waals surface area contributed by atoms with Gasteiger partial charge in [0, 0.05) is 6.54 Å². The Balaban J connectivity index is 3.98. The zero-order valence-electron chi connectivity index (χ0n) is 8.66. The second kappa shape index (κ2) is 8.16. The van der Waals surface area contributed by atoms with E-state index < -0.39 is 18.0 Å². The minimum atomic E-state index is -1.02. The maximum atomic E-state index is 11.1. The molecule has 5 nitrogen and oxygen atoms in total. The lowest BCUT2D eigenvalue weighted by atomic mass is 10.2. The average molecular weight is 232 g/mol. The van der Waals surface area contributed by atoms with Crippen LogP contribution >= 0.6 is 11.8 Å². The number of rotatable bonds is 7. The second-order valence-corrected chi connectivity index (χ2v) is 3.80. The molecular formula is C9H16N2O3S. The standard InChI is InChI=1S/C9H16N2O3S/c1-3-5-10-9(14)11-7(8(12)13)4-6-15-2/h3,7H,1,4-6H2,2H3,(H,12,13)(H2,10,11,14). The van der Waals surface area contributed by atoms with E-state index in [1.807, 2.05) is 6.26 Å². The van der Waals surface area contributed by atoms with Gasteiger partial charge in [0.05, 0.1) is 0 Å². The van der Waals surface area contributed by atoms with Crippen LogP contribution in [0.25, 0.3) is 0 Å². The van der Waals surface area contributed by atoms with E-state index >= 15 is 0 Å². The van der Waals surface area contributed by atoms with Crippen LogP contribution in [-0.2, 0) is 4.79 Å². The van der Waals surface area contributed by atoms with Crippen LogP contribution in [0.3, 0.4) is 0 Å². The van der Waals surface area contributed by atoms with Gasteiger partial charge >= 0.3 is 12.0 Å². The number of hydrogen-bond acceptors (Lipinski definition) is 3. The fraction of sp³-hybridized carbons (Fsp3) is 0.556. The lowest BCUT2D eigenvalue weighted by Gasteiger charge is -2.13. The molecule has 2 amide bonds. The third kappa shape index (κ3) is 6.84. The van der Waals surface area contributed by atoms with Crippen molar-refractivity contribution in [3.63, 3.8) is 0 Å². The van der Waals surface area contributed by atoms with E-state index in [0.29, 0.717) is 18.7 Å². The molecule has 1 unspecified atom stereocenters. The normalized spacial score (nSPS) is 11.5. The Bertz CT molecular complexity index is 233. The van der Waals surface area contributed by atoms with Gasteiger partial charge < -0.3 is 15.7 Å². The summed E-state index contributed by atoms with van der Waals surface area (Å²) < 4.78 is 0. The second-order valence-electron chi connectivity index (χ2n) is 2.82. The van der Waals surface area contributed by atoms with Gasteiger partial charge in [0.1, 0.15) is 6.04 Å². The summed E-state index contributed by atoms with van der Waals surface area (Å²) in [6.45, 7) is 3.75. The van der Waals surface area contributed by atoms with E-state index in [9.17, 15) is 9.59 Å². The van der Waals surface area contributed by atoms with Crippen molar-refractivity contribution in [3.05, 3.63) is 12.7 Å². The number of urea groups is 1. The Morgan fingerprint density at radius 1 is 1.60 bits per heavy atom. The molecule has 0 aliphatic rings. The van der Waals surface area contributed by atoms with Crippen molar-refractivity contribution >= 4 is 23.8 Å². The third-order valence-electron chi connectivity index (χ3n) is 1.62. The number of hydrogen-bond donors (Lipinski definition) is 3. The van der Waals surface area contributed by atoms with Gasteiger partial charge in [-0.25, -0.2) is 9.59 Å². The predicted molar refractivity (Wildman–Crippen MR) is 61.2 cm³/mol. The molecule has 0 aromatic rings. The first kappa shape index (κ1) is 13.8. The van der Waals surface area contributed by atoms with Gasteiger partial charge in [-0.15, -0.1) is 6.58 Å². The van der Waals surface area contributed by atoms with Gasteiger partial charge in [0.25, 0.3) is 0 Å². The molecule has 0 bridgehead atoms. The van der Waals surface area contributed by atoms with Crippen molar-refractivity contribution in [2.24, 2.45) is 0 Å². The fourth-order valence-corrected chi connectivity index (χ4v) is 1.34. The highest BCUT2D eigenvalue weighted by molar-refractivity contribution is 7.98. The molecule has 15 heavy (non-hydrogen) atoms. The zero-order valence-corrected chi connectivity index (χ0v) is 9.47. The first-order valence-electron chi connectivity index (χ1n) is 4.48. The fourth-order valence-electron chi connectivity index (χ4n) is 0.867. The summed E-state index contributed by atoms with van der Waals surface area (Å²) in [5.41, 5.74) is 0. The van der Waals surface area contributed by atoms with Crippen LogP contribution in [0.4, 0.5) is 4.79 Å². The highest BCUT2D eigenvalue weighted by Crippen LogP contribution is 2.00. The molecule has 6 heteroatoms. The predicted octanol–water partition coefficient (Wildman–Crippen LogP) is 0.678. The molecule has 86 valence electrons. The molecule has 0 radical (unpaired) electrons. The average Bonchev–Trinajstić information content (AvgIpc) is 2.20. The van der Waals surface area contributed by atoms with Crippen molar-refractivity contribution in [1.29, 1.82) is 0 Å². The first-order valence-corrected chi connectivity index (χ1v) is 5.88. The summed E-state index contributed by atoms with van der Waals surface area (Å²) >= 11 is 1.54. The van der Waals surface area contributed by atoms with Crippen LogP contribution in [0.1, 0.15) is 6.42 Å². The summed E-state index contributed by atoms with van der Waals surface area (Å²) in [5, 5.41) is 13.6. The summed E-state index contributed by atoms with van der Waals surface area (Å²) in [5.74, 6) is -0.323. The Morgan fingerprint density at radius 3 is 2.73 bits per heavy atom. The van der Waals surface area contributed by atoms with E-state index in [1.54, 1.807) is 11.8 Å². The molecule has 0 aliphatic carbocycles. The molecule has 0 heterocycles. The van der Waals surface area contributed by atoms with E-state index in [1.165, 1.54) is 6.08 Å². The minimum absolute atomic E-state index is 0.320. The van der Waals surface area contributed by atoms with Gasteiger partial charge in [0.2, 0.25) is 0 Å². The van der Waals surface area contributed by atoms with Gasteiger partial charge in [-0.2, -0.15) is 11.8 Å². The van der Waals surface area contributed by atoms with Crippen LogP contribution in [0.2, 0.25) is 0 Å². The van der Waals surface area contributed by atoms with Crippen molar-refractivity contribution < 1.29 is 14.7 Å². The number of carbonyl (C=O) groups excluding carboxylic acids is 1. The highest BCUT2D eigenvalue weighted by Gasteiger charge is 2.18. The first-order chi connectivity index (χ1) is 7.11. The monoisotopic (exact) mass is 232 g/mol. The maximum Gasteiger partial charge on any atom is 0.326 e. The molecule has 0 aromatic heterocycles. The summed E-state index contributed by atoms with van der Waals surface area (Å²) in [6, 6.07) is -1.31. The van der Waals surface area contributed by atoms with Crippen LogP contribution < -0.4 is 10.6 Å². The Morgan fingerprint density at radius 2 is 2.27 bits per heavy atom. The molecule has 0 rings (SSSR count). The maximum absolute atomic E-state index is 11.1. The number of amides is 2. The summed E-state index contributed by atoms with van der Waals surface area (Å²) in [4.78, 5) is 21.9. The Labute approximate surface area is 93.3 Å². The molecule has 0 spiro atoms. The summed E-state index contributed by atoms with van der Waals surface area (Å²) in [6.07, 6.45) is 3.83. The zero-order chi connectivity index (χ0) is 11.7. The quantitative estimate of drug-likeness (QED) is 0.564. The Kier molecular flexibility index (Phi) is 7.53. The number of carboxylic acid groups (broad SMARTS) is 1. The third-order valence-corrected chi connectivity index (χ3v) is 2.26. The lowest BCUT2D eigenvalue weighted by molar-refractivity contribution is -0.139. The van der Waals surface area contributed by atoms with Gasteiger partial charge in [0.15, 0.2) is 0 Å². The largest absolute Gasteiger partial charge is 0.480 e. The molecule has 3 N–H and O–H groups in total. The van der Waals surface area contributed by atoms with E-state index in [2.05, 4.69) is 17.2 Å². The highest BCUT2D eigenvalue weighted by atomic mass is 32.2. The molecule has 0 fully saturated rings. The van der Waals surface area contributed by atoms with Crippen molar-refractivity contribution in [2.45, 2.75) is 12.5 Å². The van der Waals surface area contributed by atoms with Crippen LogP contribution in [-0.4, -0.2) is 41.7 Å². The van der Waals surface area contributed by atoms with Crippen LogP contribution in [0, 0.1) is 0 Å². The number of nitrogens with one attached hydrogen (secondary N) is 2. The van der Waals surface area contributed by atoms with E-state index in [0.717, 1.165) is 0 Å². The topological polar surface area (TPSA) is 78.4 Å². The SMILES string of the molecule is C=CCNC(=O)NC(CCSC)C(=O)O. The molecular weight excluding hydrogens is 216 g/mol. The van der Waals surface area contributed by atoms with Gasteiger partial charge in [-0.05, 0) is 18.4 Å². The van der Waals surface area contributed by atoms with Crippen LogP contribution in [0.5, 0.6) is 0 Å². The van der Waals surface area contributed by atoms with Gasteiger partial charge in [-0.1, -0.05) is 6.08 Å². The van der Waals surface area contributed by atoms with Gasteiger partial charge in [-0.3, -0.25) is 0 Å². The molecule has 0 saturated heterocycles. The molecule has 0 aliphatic heterocycles. The summed E-state index contributed by atoms with van der Waals surface area (Å²) in [7, 11) is 0. The van der Waals surface area contributed by atoms with E-state index in [4.69, 9.17) is 5.11 Å². The number of carbonyl (C=O) groups is 2. The van der Waals surface area contributed by atoms with Crippen molar-refractivity contribution in [2.75, 3.05) is 18.6 Å². The number of aliphatic carboxylic acids is 1. The van der Waals surface area contributed by atoms with E-state index in [-0.39, 0.29) is 0 Å². The van der Waals surface area contributed by atoms with Crippen molar-refractivity contribution in [3.8, 4) is 0 Å². The Hall–Kier alpha value is -1.17. The molecule has 1 atom stereocenters. The minimum Gasteiger partial charge on any atom is -0.480 e. The van der Waals surface area contributed by atoms with Crippen LogP contribution in [0.15, 0.2) is 12.7 Å². The van der Waals surface area contributed by atoms with Crippen molar-refractivity contribution in [1.82, 2.24) is 10.6 Å². The number of carboxylic acids is 1. The number of thioether (sulfide) groups is 1.